The Morgan fingerprint density at radius 3 is 2.09 bits per heavy atom. The van der Waals surface area contributed by atoms with Crippen LogP contribution in [0.15, 0.2) is 0 Å². The van der Waals surface area contributed by atoms with E-state index in [1.165, 1.54) is 6.32 Å². The third-order valence-electron chi connectivity index (χ3n) is 3.22. The quantitative estimate of drug-likeness (QED) is 0.487. The van der Waals surface area contributed by atoms with Gasteiger partial charge in [0.1, 0.15) is 0 Å². The highest BCUT2D eigenvalue weighted by Gasteiger charge is 2.43. The van der Waals surface area contributed by atoms with E-state index in [4.69, 9.17) is 4.74 Å². The summed E-state index contributed by atoms with van der Waals surface area (Å²) in [5.41, 5.74) is 0.379. The van der Waals surface area contributed by atoms with Gasteiger partial charge in [-0.1, -0.05) is 27.0 Å². The van der Waals surface area contributed by atoms with Crippen molar-refractivity contribution >= 4 is 6.71 Å². The fourth-order valence-corrected chi connectivity index (χ4v) is 1.72. The van der Waals surface area contributed by atoms with Crippen LogP contribution in [-0.2, 0) is 4.74 Å². The molecule has 0 aromatic heterocycles. The monoisotopic (exact) mass is 154 g/mol. The largest absolute Gasteiger partial charge is 0.383 e. The molecule has 0 bridgehead atoms. The smallest absolute Gasteiger partial charge is 0.169 e. The molecule has 1 nitrogen and oxygen atoms in total. The molecule has 1 heterocycles. The van der Waals surface area contributed by atoms with E-state index in [1.54, 1.807) is 0 Å². The zero-order valence-corrected chi connectivity index (χ0v) is 8.40. The van der Waals surface area contributed by atoms with E-state index >= 15 is 0 Å². The molecule has 0 aliphatic carbocycles. The average molecular weight is 154 g/mol. The molecule has 0 aromatic carbocycles. The van der Waals surface area contributed by atoms with Crippen molar-refractivity contribution in [2.75, 3.05) is 6.51 Å². The molecule has 11 heavy (non-hydrogen) atoms. The zero-order chi connectivity index (χ0) is 8.70. The summed E-state index contributed by atoms with van der Waals surface area (Å²) in [7, 11) is 0. The molecule has 0 amide bonds. The van der Waals surface area contributed by atoms with Crippen molar-refractivity contribution in [1.29, 1.82) is 0 Å². The van der Waals surface area contributed by atoms with Crippen LogP contribution in [0, 0.1) is 5.41 Å². The van der Waals surface area contributed by atoms with Gasteiger partial charge in [-0.15, -0.1) is 0 Å². The number of hydrogen-bond donors (Lipinski definition) is 0. The summed E-state index contributed by atoms with van der Waals surface area (Å²) >= 11 is 0. The molecule has 1 rings (SSSR count). The van der Waals surface area contributed by atoms with Crippen LogP contribution in [0.2, 0.25) is 13.1 Å². The Labute approximate surface area is 70.6 Å². The van der Waals surface area contributed by atoms with E-state index in [0.29, 0.717) is 5.41 Å². The molecule has 0 radical (unpaired) electrons. The van der Waals surface area contributed by atoms with Crippen LogP contribution >= 0.6 is 0 Å². The van der Waals surface area contributed by atoms with Crippen molar-refractivity contribution in [3.05, 3.63) is 0 Å². The fraction of sp³-hybridized carbons (Fsp3) is 1.00. The van der Waals surface area contributed by atoms with Crippen molar-refractivity contribution in [3.8, 4) is 0 Å². The van der Waals surface area contributed by atoms with Gasteiger partial charge in [0.05, 0.1) is 5.60 Å². The topological polar surface area (TPSA) is 9.23 Å². The molecule has 64 valence electrons. The summed E-state index contributed by atoms with van der Waals surface area (Å²) in [6, 6.07) is 0. The lowest BCUT2D eigenvalue weighted by atomic mass is 9.42. The Morgan fingerprint density at radius 1 is 1.18 bits per heavy atom. The second kappa shape index (κ2) is 2.51. The summed E-state index contributed by atoms with van der Waals surface area (Å²) in [5.74, 6) is 0. The van der Waals surface area contributed by atoms with Gasteiger partial charge >= 0.3 is 0 Å². The maximum atomic E-state index is 5.79. The predicted molar refractivity (Wildman–Crippen MR) is 50.2 cm³/mol. The van der Waals surface area contributed by atoms with Gasteiger partial charge in [-0.05, 0) is 19.3 Å². The summed E-state index contributed by atoms with van der Waals surface area (Å²) in [6.07, 6.45) is 1.28. The van der Waals surface area contributed by atoms with Crippen LogP contribution in [0.4, 0.5) is 0 Å². The van der Waals surface area contributed by atoms with Crippen LogP contribution in [0.5, 0.6) is 0 Å². The highest BCUT2D eigenvalue weighted by atomic mass is 16.5. The van der Waals surface area contributed by atoms with Crippen LogP contribution in [0.25, 0.3) is 0 Å². The van der Waals surface area contributed by atoms with Crippen LogP contribution in [0.3, 0.4) is 0 Å². The molecular weight excluding hydrogens is 135 g/mol. The van der Waals surface area contributed by atoms with E-state index in [0.717, 1.165) is 13.2 Å². The van der Waals surface area contributed by atoms with Crippen LogP contribution in [0.1, 0.15) is 27.7 Å². The molecule has 0 unspecified atom stereocenters. The first-order valence-electron chi connectivity index (χ1n) is 4.49. The predicted octanol–water partition coefficient (Wildman–Crippen LogP) is 2.49. The SMILES string of the molecule is CB1COC(C)(C)C(C)(C)C1. The van der Waals surface area contributed by atoms with E-state index < -0.39 is 0 Å². The lowest BCUT2D eigenvalue weighted by molar-refractivity contribution is -0.0856. The maximum Gasteiger partial charge on any atom is 0.169 e. The minimum absolute atomic E-state index is 0.0551. The normalized spacial score (nSPS) is 28.6. The third-order valence-corrected chi connectivity index (χ3v) is 3.22. The fourth-order valence-electron chi connectivity index (χ4n) is 1.72. The summed E-state index contributed by atoms with van der Waals surface area (Å²) in [4.78, 5) is 0. The first kappa shape index (κ1) is 9.12. The Morgan fingerprint density at radius 2 is 1.73 bits per heavy atom. The molecule has 1 aliphatic heterocycles. The average Bonchev–Trinajstić information content (AvgIpc) is 1.80. The van der Waals surface area contributed by atoms with Gasteiger partial charge in [0.2, 0.25) is 0 Å². The minimum atomic E-state index is 0.0551. The van der Waals surface area contributed by atoms with Crippen LogP contribution in [-0.4, -0.2) is 18.8 Å². The molecule has 0 spiro atoms. The van der Waals surface area contributed by atoms with Gasteiger partial charge in [0.15, 0.2) is 6.71 Å². The Bertz CT molecular complexity index is 152. The molecule has 0 atom stereocenters. The summed E-state index contributed by atoms with van der Waals surface area (Å²) in [5, 5.41) is 0. The Hall–Kier alpha value is 0.0249. The molecule has 1 fully saturated rings. The van der Waals surface area contributed by atoms with Gasteiger partial charge < -0.3 is 4.74 Å². The van der Waals surface area contributed by atoms with Crippen LogP contribution < -0.4 is 0 Å². The molecular formula is C9H19BO. The minimum Gasteiger partial charge on any atom is -0.383 e. The van der Waals surface area contributed by atoms with Crippen molar-refractivity contribution in [2.45, 2.75) is 46.4 Å². The second-order valence-corrected chi connectivity index (χ2v) is 5.01. The molecule has 1 saturated heterocycles. The standard InChI is InChI=1S/C9H19BO/c1-8(2)6-10(5)7-11-9(8,3)4/h6-7H2,1-5H3. The third kappa shape index (κ3) is 1.61. The van der Waals surface area contributed by atoms with E-state index in [1.807, 2.05) is 0 Å². The number of hydrogen-bond acceptors (Lipinski definition) is 1. The maximum absolute atomic E-state index is 5.79. The lowest BCUT2D eigenvalue weighted by Gasteiger charge is -2.47. The highest BCUT2D eigenvalue weighted by molar-refractivity contribution is 6.57. The molecule has 2 heteroatoms. The lowest BCUT2D eigenvalue weighted by Crippen LogP contribution is -2.50. The summed E-state index contributed by atoms with van der Waals surface area (Å²) in [6.45, 7) is 12.9. The molecule has 0 aromatic rings. The van der Waals surface area contributed by atoms with Gasteiger partial charge in [-0.2, -0.15) is 0 Å². The zero-order valence-electron chi connectivity index (χ0n) is 8.40. The highest BCUT2D eigenvalue weighted by Crippen LogP contribution is 2.41. The van der Waals surface area contributed by atoms with Gasteiger partial charge in [0, 0.05) is 6.51 Å². The van der Waals surface area contributed by atoms with E-state index in [-0.39, 0.29) is 5.60 Å². The van der Waals surface area contributed by atoms with Crippen molar-refractivity contribution in [3.63, 3.8) is 0 Å². The molecule has 0 saturated carbocycles. The van der Waals surface area contributed by atoms with Crippen molar-refractivity contribution in [2.24, 2.45) is 5.41 Å². The Kier molecular flexibility index (Phi) is 2.08. The molecule has 0 N–H and O–H groups in total. The molecule has 1 aliphatic rings. The van der Waals surface area contributed by atoms with Gasteiger partial charge in [-0.25, -0.2) is 0 Å². The van der Waals surface area contributed by atoms with E-state index in [9.17, 15) is 0 Å². The number of rotatable bonds is 0. The van der Waals surface area contributed by atoms with E-state index in [2.05, 4.69) is 34.5 Å². The number of ether oxygens (including phenoxy) is 1. The van der Waals surface area contributed by atoms with Gasteiger partial charge in [-0.3, -0.25) is 0 Å². The second-order valence-electron chi connectivity index (χ2n) is 5.01. The van der Waals surface area contributed by atoms with Crippen molar-refractivity contribution in [1.82, 2.24) is 0 Å². The van der Waals surface area contributed by atoms with Gasteiger partial charge in [0.25, 0.3) is 0 Å². The first-order chi connectivity index (χ1) is 4.85. The Balaban J connectivity index is 2.72. The van der Waals surface area contributed by atoms with Crippen molar-refractivity contribution < 1.29 is 4.74 Å². The first-order valence-corrected chi connectivity index (χ1v) is 4.49. The summed E-state index contributed by atoms with van der Waals surface area (Å²) < 4.78 is 5.79.